The van der Waals surface area contributed by atoms with E-state index in [2.05, 4.69) is 4.90 Å². The molecule has 1 aliphatic heterocycles. The highest BCUT2D eigenvalue weighted by atomic mass is 32.2. The molecule has 3 nitrogen and oxygen atoms in total. The van der Waals surface area contributed by atoms with Crippen LogP contribution >= 0.6 is 0 Å². The van der Waals surface area contributed by atoms with Crippen LogP contribution in [0.3, 0.4) is 0 Å². The molecule has 0 spiro atoms. The fourth-order valence-corrected chi connectivity index (χ4v) is 3.63. The molecule has 4 heteroatoms. The molecule has 2 aliphatic rings. The van der Waals surface area contributed by atoms with E-state index in [1.54, 1.807) is 0 Å². The van der Waals surface area contributed by atoms with Crippen LogP contribution in [0.4, 0.5) is 0 Å². The van der Waals surface area contributed by atoms with Gasteiger partial charge in [-0.15, -0.1) is 0 Å². The smallest absolute Gasteiger partial charge is 0.134 e. The van der Waals surface area contributed by atoms with Crippen LogP contribution in [0.15, 0.2) is 0 Å². The van der Waals surface area contributed by atoms with Crippen LogP contribution in [0, 0.1) is 0 Å². The van der Waals surface area contributed by atoms with E-state index in [9.17, 15) is 9.00 Å². The van der Waals surface area contributed by atoms with Crippen LogP contribution in [-0.4, -0.2) is 45.5 Å². The molecule has 0 N–H and O–H groups in total. The second-order valence-corrected chi connectivity index (χ2v) is 6.22. The summed E-state index contributed by atoms with van der Waals surface area (Å²) in [5.41, 5.74) is 0. The van der Waals surface area contributed by atoms with E-state index in [0.29, 0.717) is 11.8 Å². The Hall–Kier alpha value is -0.220. The normalized spacial score (nSPS) is 35.1. The van der Waals surface area contributed by atoms with Gasteiger partial charge in [-0.25, -0.2) is 0 Å². The first-order valence-corrected chi connectivity index (χ1v) is 7.35. The monoisotopic (exact) mass is 229 g/mol. The quantitative estimate of drug-likeness (QED) is 0.672. The maximum Gasteiger partial charge on any atom is 0.134 e. The van der Waals surface area contributed by atoms with Gasteiger partial charge in [-0.05, 0) is 25.8 Å². The molecule has 0 amide bonds. The lowest BCUT2D eigenvalue weighted by atomic mass is 9.93. The molecule has 86 valence electrons. The Morgan fingerprint density at radius 2 is 2.07 bits per heavy atom. The molecule has 0 aromatic rings. The van der Waals surface area contributed by atoms with Gasteiger partial charge in [0.1, 0.15) is 5.78 Å². The van der Waals surface area contributed by atoms with Gasteiger partial charge in [0.05, 0.1) is 0 Å². The van der Waals surface area contributed by atoms with Gasteiger partial charge in [-0.2, -0.15) is 0 Å². The van der Waals surface area contributed by atoms with Crippen LogP contribution in [0.25, 0.3) is 0 Å². The van der Waals surface area contributed by atoms with Crippen molar-refractivity contribution in [2.75, 3.05) is 24.6 Å². The van der Waals surface area contributed by atoms with Gasteiger partial charge in [0.2, 0.25) is 0 Å². The first kappa shape index (κ1) is 11.3. The third kappa shape index (κ3) is 3.11. The average molecular weight is 229 g/mol. The molecule has 0 aromatic heterocycles. The number of carbonyl (C=O) groups excluding carboxylic acids is 1. The lowest BCUT2D eigenvalue weighted by molar-refractivity contribution is -0.122. The molecule has 2 fully saturated rings. The van der Waals surface area contributed by atoms with Crippen LogP contribution < -0.4 is 0 Å². The zero-order valence-corrected chi connectivity index (χ0v) is 9.93. The Balaban J connectivity index is 1.91. The van der Waals surface area contributed by atoms with Crippen LogP contribution in [0.5, 0.6) is 0 Å². The van der Waals surface area contributed by atoms with E-state index in [-0.39, 0.29) is 0 Å². The van der Waals surface area contributed by atoms with Crippen molar-refractivity contribution in [2.45, 2.75) is 38.1 Å². The molecule has 15 heavy (non-hydrogen) atoms. The summed E-state index contributed by atoms with van der Waals surface area (Å²) in [5.74, 6) is 2.05. The Bertz CT molecular complexity index is 267. The van der Waals surface area contributed by atoms with Crippen molar-refractivity contribution >= 4 is 16.6 Å². The third-order valence-corrected chi connectivity index (χ3v) is 4.78. The Morgan fingerprint density at radius 3 is 2.87 bits per heavy atom. The molecule has 1 saturated carbocycles. The van der Waals surface area contributed by atoms with Gasteiger partial charge >= 0.3 is 0 Å². The van der Waals surface area contributed by atoms with Crippen LogP contribution in [0.2, 0.25) is 0 Å². The van der Waals surface area contributed by atoms with Crippen molar-refractivity contribution < 1.29 is 9.00 Å². The van der Waals surface area contributed by atoms with Gasteiger partial charge in [-0.1, -0.05) is 0 Å². The van der Waals surface area contributed by atoms with Crippen molar-refractivity contribution in [3.05, 3.63) is 0 Å². The maximum atomic E-state index is 11.4. The highest BCUT2D eigenvalue weighted by Gasteiger charge is 2.26. The number of carbonyl (C=O) groups is 1. The second kappa shape index (κ2) is 5.21. The van der Waals surface area contributed by atoms with E-state index in [4.69, 9.17) is 0 Å². The maximum absolute atomic E-state index is 11.4. The molecule has 2 unspecified atom stereocenters. The first-order chi connectivity index (χ1) is 7.25. The summed E-state index contributed by atoms with van der Waals surface area (Å²) in [6.45, 7) is 1.95. The Morgan fingerprint density at radius 1 is 1.20 bits per heavy atom. The molecule has 1 heterocycles. The van der Waals surface area contributed by atoms with Gasteiger partial charge in [0.15, 0.2) is 0 Å². The molecule has 1 aliphatic carbocycles. The minimum Gasteiger partial charge on any atom is -0.300 e. The number of hydrogen-bond donors (Lipinski definition) is 0. The van der Waals surface area contributed by atoms with Gasteiger partial charge < -0.3 is 0 Å². The summed E-state index contributed by atoms with van der Waals surface area (Å²) < 4.78 is 11.4. The summed E-state index contributed by atoms with van der Waals surface area (Å²) in [6.07, 6.45) is 4.72. The largest absolute Gasteiger partial charge is 0.300 e. The predicted molar refractivity (Wildman–Crippen MR) is 61.3 cm³/mol. The topological polar surface area (TPSA) is 37.4 Å². The van der Waals surface area contributed by atoms with Crippen molar-refractivity contribution in [1.82, 2.24) is 4.90 Å². The first-order valence-electron chi connectivity index (χ1n) is 5.86. The summed E-state index contributed by atoms with van der Waals surface area (Å²) in [5, 5.41) is 0. The summed E-state index contributed by atoms with van der Waals surface area (Å²) in [4.78, 5) is 13.8. The van der Waals surface area contributed by atoms with Crippen LogP contribution in [0.1, 0.15) is 32.1 Å². The third-order valence-electron chi connectivity index (χ3n) is 3.40. The van der Waals surface area contributed by atoms with Crippen molar-refractivity contribution in [3.63, 3.8) is 0 Å². The number of rotatable bonds is 1. The number of hydrogen-bond acceptors (Lipinski definition) is 3. The van der Waals surface area contributed by atoms with E-state index in [0.717, 1.165) is 56.7 Å². The predicted octanol–water partition coefficient (Wildman–Crippen LogP) is 0.952. The standard InChI is InChI=1S/C11H19NO2S/c13-11-4-1-3-10(9-11)12-5-2-7-15(14)8-6-12/h10H,1-9H2. The summed E-state index contributed by atoms with van der Waals surface area (Å²) >= 11 is 0. The van der Waals surface area contributed by atoms with E-state index in [1.807, 2.05) is 0 Å². The molecular weight excluding hydrogens is 210 g/mol. The van der Waals surface area contributed by atoms with Crippen molar-refractivity contribution in [3.8, 4) is 0 Å². The second-order valence-electron chi connectivity index (χ2n) is 4.53. The van der Waals surface area contributed by atoms with Gasteiger partial charge in [0.25, 0.3) is 0 Å². The molecule has 1 saturated heterocycles. The Labute approximate surface area is 93.7 Å². The molecule has 0 radical (unpaired) electrons. The van der Waals surface area contributed by atoms with Crippen molar-refractivity contribution in [2.24, 2.45) is 0 Å². The van der Waals surface area contributed by atoms with E-state index in [1.165, 1.54) is 0 Å². The molecule has 0 bridgehead atoms. The zero-order chi connectivity index (χ0) is 10.7. The summed E-state index contributed by atoms with van der Waals surface area (Å²) in [7, 11) is -0.618. The minimum atomic E-state index is -0.618. The van der Waals surface area contributed by atoms with E-state index < -0.39 is 10.8 Å². The molecule has 0 aromatic carbocycles. The van der Waals surface area contributed by atoms with Crippen LogP contribution in [-0.2, 0) is 15.6 Å². The molecule has 2 atom stereocenters. The van der Waals surface area contributed by atoms with Crippen molar-refractivity contribution in [1.29, 1.82) is 0 Å². The van der Waals surface area contributed by atoms with Gasteiger partial charge in [0, 0.05) is 47.7 Å². The lowest BCUT2D eigenvalue weighted by Gasteiger charge is -2.32. The highest BCUT2D eigenvalue weighted by molar-refractivity contribution is 7.85. The zero-order valence-electron chi connectivity index (χ0n) is 9.11. The Kier molecular flexibility index (Phi) is 3.92. The average Bonchev–Trinajstić information content (AvgIpc) is 2.43. The van der Waals surface area contributed by atoms with E-state index >= 15 is 0 Å². The number of ketones is 1. The summed E-state index contributed by atoms with van der Waals surface area (Å²) in [6, 6.07) is 0.446. The number of nitrogens with zero attached hydrogens (tertiary/aromatic N) is 1. The highest BCUT2D eigenvalue weighted by Crippen LogP contribution is 2.21. The SMILES string of the molecule is O=C1CCCC(N2CCCS(=O)CC2)C1. The number of Topliss-reactive ketones (excluding diaryl/α,β-unsaturated/α-hetero) is 1. The molecular formula is C11H19NO2S. The lowest BCUT2D eigenvalue weighted by Crippen LogP contribution is -2.40. The molecule has 2 rings (SSSR count). The minimum absolute atomic E-state index is 0.414. The fourth-order valence-electron chi connectivity index (χ4n) is 2.54. The van der Waals surface area contributed by atoms with Gasteiger partial charge in [-0.3, -0.25) is 13.9 Å². The fraction of sp³-hybridized carbons (Fsp3) is 0.909.